The fourth-order valence-corrected chi connectivity index (χ4v) is 3.71. The minimum Gasteiger partial charge on any atom is -0.489 e. The minimum atomic E-state index is -4.59. The van der Waals surface area contributed by atoms with Crippen LogP contribution in [-0.4, -0.2) is 45.3 Å². The van der Waals surface area contributed by atoms with E-state index < -0.39 is 22.3 Å². The quantitative estimate of drug-likeness (QED) is 0.410. The van der Waals surface area contributed by atoms with Crippen LogP contribution in [0.2, 0.25) is 0 Å². The summed E-state index contributed by atoms with van der Waals surface area (Å²) in [5.74, 6) is -0.0239. The van der Waals surface area contributed by atoms with E-state index in [0.29, 0.717) is 27.7 Å². The first-order valence-electron chi connectivity index (χ1n) is 9.19. The predicted octanol–water partition coefficient (Wildman–Crippen LogP) is 3.35. The van der Waals surface area contributed by atoms with Crippen molar-refractivity contribution in [1.29, 1.82) is 0 Å². The summed E-state index contributed by atoms with van der Waals surface area (Å²) in [6, 6.07) is 4.92. The highest BCUT2D eigenvalue weighted by Gasteiger charge is 2.19. The van der Waals surface area contributed by atoms with Crippen LogP contribution in [-0.2, 0) is 14.6 Å². The zero-order valence-corrected chi connectivity index (χ0v) is 17.6. The summed E-state index contributed by atoms with van der Waals surface area (Å²) in [5.41, 5.74) is 2.53. The summed E-state index contributed by atoms with van der Waals surface area (Å²) in [5, 5.41) is 4.51. The van der Waals surface area contributed by atoms with Crippen LogP contribution in [0.5, 0.6) is 17.4 Å². The average Bonchev–Trinajstić information content (AvgIpc) is 3.21. The van der Waals surface area contributed by atoms with Crippen molar-refractivity contribution < 1.29 is 31.0 Å². The van der Waals surface area contributed by atoms with Gasteiger partial charge in [0.2, 0.25) is 5.88 Å². The molecule has 0 fully saturated rings. The molecule has 4 rings (SSSR count). The molecule has 1 atom stereocenters. The van der Waals surface area contributed by atoms with Crippen LogP contribution in [0.25, 0.3) is 16.4 Å². The third-order valence-electron chi connectivity index (χ3n) is 4.55. The van der Waals surface area contributed by atoms with Gasteiger partial charge >= 0.3 is 10.4 Å². The Balaban J connectivity index is 1.63. The number of fused-ring (bicyclic) bond motifs is 2. The monoisotopic (exact) mass is 450 g/mol. The highest BCUT2D eigenvalue weighted by atomic mass is 32.3. The Labute approximate surface area is 176 Å². The lowest BCUT2D eigenvalue weighted by molar-refractivity contribution is 0.133. The molecule has 0 bridgehead atoms. The Bertz CT molecular complexity index is 1380. The lowest BCUT2D eigenvalue weighted by atomic mass is 10.2. The van der Waals surface area contributed by atoms with Crippen LogP contribution < -0.4 is 9.47 Å². The second kappa shape index (κ2) is 7.80. The lowest BCUT2D eigenvalue weighted by Gasteiger charge is -2.11. The van der Waals surface area contributed by atoms with Gasteiger partial charge in [0.1, 0.15) is 30.3 Å². The zero-order chi connectivity index (χ0) is 22.3. The molecule has 0 aliphatic heterocycles. The van der Waals surface area contributed by atoms with Crippen LogP contribution in [0.1, 0.15) is 18.2 Å². The van der Waals surface area contributed by atoms with Gasteiger partial charge in [-0.15, -0.1) is 0 Å². The molecule has 0 unspecified atom stereocenters. The number of nitrogens with zero attached hydrogens (tertiary/aromatic N) is 3. The number of rotatable bonds is 7. The highest BCUT2D eigenvalue weighted by molar-refractivity contribution is 7.80. The standard InChI is InChI=1S/C19H19FN4O6S/c1-10-6-13-14(23-10)4-5-15(17(13)20)29-19-18-12(3)16(7-24(18)22-9-21-19)28-8-11(2)30-31(25,26)27/h4-7,9,11,23H,8H2,1-3H3,(H,25,26,27)/t11-/m0/s1. The number of benzene rings is 1. The van der Waals surface area contributed by atoms with Crippen LogP contribution in [0.3, 0.4) is 0 Å². The van der Waals surface area contributed by atoms with Gasteiger partial charge in [0.05, 0.1) is 6.20 Å². The number of aromatic amines is 1. The van der Waals surface area contributed by atoms with E-state index in [9.17, 15) is 12.8 Å². The van der Waals surface area contributed by atoms with Crippen molar-refractivity contribution >= 4 is 26.8 Å². The van der Waals surface area contributed by atoms with Gasteiger partial charge < -0.3 is 14.5 Å². The molecule has 0 aliphatic carbocycles. The van der Waals surface area contributed by atoms with Gasteiger partial charge in [-0.1, -0.05) is 0 Å². The van der Waals surface area contributed by atoms with E-state index in [0.717, 1.165) is 5.69 Å². The molecule has 0 saturated heterocycles. The maximum atomic E-state index is 14.9. The molecule has 0 aliphatic rings. The molecule has 31 heavy (non-hydrogen) atoms. The maximum Gasteiger partial charge on any atom is 0.397 e. The van der Waals surface area contributed by atoms with Crippen LogP contribution in [0, 0.1) is 19.7 Å². The molecular formula is C19H19FN4O6S. The van der Waals surface area contributed by atoms with E-state index >= 15 is 0 Å². The second-order valence-electron chi connectivity index (χ2n) is 7.02. The van der Waals surface area contributed by atoms with Gasteiger partial charge in [-0.25, -0.2) is 13.1 Å². The molecule has 3 aromatic heterocycles. The SMILES string of the molecule is Cc1cc2c(F)c(Oc3ncnn4cc(OC[C@H](C)OS(=O)(=O)O)c(C)c34)ccc2[nH]1. The largest absolute Gasteiger partial charge is 0.489 e. The number of ether oxygens (including phenoxy) is 2. The van der Waals surface area contributed by atoms with Crippen molar-refractivity contribution in [3.63, 3.8) is 0 Å². The van der Waals surface area contributed by atoms with Gasteiger partial charge in [0, 0.05) is 22.2 Å². The van der Waals surface area contributed by atoms with Crippen LogP contribution in [0.15, 0.2) is 30.7 Å². The second-order valence-corrected chi connectivity index (χ2v) is 8.06. The molecule has 0 spiro atoms. The van der Waals surface area contributed by atoms with E-state index in [1.807, 2.05) is 6.92 Å². The molecule has 1 aromatic carbocycles. The molecular weight excluding hydrogens is 431 g/mol. The van der Waals surface area contributed by atoms with Crippen molar-refractivity contribution in [2.45, 2.75) is 26.9 Å². The average molecular weight is 450 g/mol. The number of H-pyrrole nitrogens is 1. The van der Waals surface area contributed by atoms with Gasteiger partial charge in [0.15, 0.2) is 11.6 Å². The molecule has 164 valence electrons. The maximum absolute atomic E-state index is 14.9. The predicted molar refractivity (Wildman–Crippen MR) is 108 cm³/mol. The summed E-state index contributed by atoms with van der Waals surface area (Å²) in [4.78, 5) is 7.19. The van der Waals surface area contributed by atoms with E-state index in [2.05, 4.69) is 19.2 Å². The number of hydrogen-bond donors (Lipinski definition) is 2. The lowest BCUT2D eigenvalue weighted by Crippen LogP contribution is -2.21. The number of aromatic nitrogens is 4. The molecule has 0 amide bonds. The molecule has 2 N–H and O–H groups in total. The summed E-state index contributed by atoms with van der Waals surface area (Å²) in [6.45, 7) is 4.83. The van der Waals surface area contributed by atoms with Gasteiger partial charge in [-0.05, 0) is 39.0 Å². The van der Waals surface area contributed by atoms with E-state index in [1.54, 1.807) is 25.3 Å². The molecule has 0 radical (unpaired) electrons. The Morgan fingerprint density at radius 1 is 1.29 bits per heavy atom. The molecule has 12 heteroatoms. The minimum absolute atomic E-state index is 0.00495. The van der Waals surface area contributed by atoms with Crippen molar-refractivity contribution in [1.82, 2.24) is 19.6 Å². The zero-order valence-electron chi connectivity index (χ0n) is 16.8. The Morgan fingerprint density at radius 2 is 2.06 bits per heavy atom. The van der Waals surface area contributed by atoms with Gasteiger partial charge in [-0.2, -0.15) is 18.5 Å². The van der Waals surface area contributed by atoms with E-state index in [4.69, 9.17) is 14.0 Å². The fourth-order valence-electron chi connectivity index (χ4n) is 3.24. The van der Waals surface area contributed by atoms with Gasteiger partial charge in [-0.3, -0.25) is 4.55 Å². The van der Waals surface area contributed by atoms with Crippen LogP contribution in [0.4, 0.5) is 4.39 Å². The van der Waals surface area contributed by atoms with E-state index in [1.165, 1.54) is 23.8 Å². The Hall–Kier alpha value is -3.22. The number of halogens is 1. The molecule has 0 saturated carbocycles. The van der Waals surface area contributed by atoms with Gasteiger partial charge in [0.25, 0.3) is 0 Å². The summed E-state index contributed by atoms with van der Waals surface area (Å²) in [7, 11) is -4.59. The first kappa shape index (κ1) is 21.0. The smallest absolute Gasteiger partial charge is 0.397 e. The summed E-state index contributed by atoms with van der Waals surface area (Å²) < 4.78 is 62.5. The molecule has 4 aromatic rings. The third-order valence-corrected chi connectivity index (χ3v) is 5.12. The third kappa shape index (κ3) is 4.31. The molecule has 10 nitrogen and oxygen atoms in total. The topological polar surface area (TPSA) is 128 Å². The Kier molecular flexibility index (Phi) is 5.29. The highest BCUT2D eigenvalue weighted by Crippen LogP contribution is 2.34. The normalized spacial score (nSPS) is 13.1. The first-order valence-corrected chi connectivity index (χ1v) is 10.6. The summed E-state index contributed by atoms with van der Waals surface area (Å²) in [6.07, 6.45) is 1.88. The van der Waals surface area contributed by atoms with Crippen molar-refractivity contribution in [3.05, 3.63) is 47.8 Å². The van der Waals surface area contributed by atoms with E-state index in [-0.39, 0.29) is 18.2 Å². The Morgan fingerprint density at radius 3 is 2.81 bits per heavy atom. The molecule has 3 heterocycles. The number of aryl methyl sites for hydroxylation is 2. The number of hydrogen-bond acceptors (Lipinski definition) is 7. The van der Waals surface area contributed by atoms with Crippen LogP contribution >= 0.6 is 0 Å². The number of nitrogens with one attached hydrogen (secondary N) is 1. The van der Waals surface area contributed by atoms with Crippen molar-refractivity contribution in [3.8, 4) is 17.4 Å². The first-order chi connectivity index (χ1) is 14.6. The fraction of sp³-hybridized carbons (Fsp3) is 0.263. The summed E-state index contributed by atoms with van der Waals surface area (Å²) >= 11 is 0. The van der Waals surface area contributed by atoms with Crippen molar-refractivity contribution in [2.75, 3.05) is 6.61 Å². The van der Waals surface area contributed by atoms with Crippen molar-refractivity contribution in [2.24, 2.45) is 0 Å².